The summed E-state index contributed by atoms with van der Waals surface area (Å²) in [6, 6.07) is 16.7. The number of ether oxygens (including phenoxy) is 2. The van der Waals surface area contributed by atoms with Crippen molar-refractivity contribution in [2.75, 3.05) is 18.1 Å². The van der Waals surface area contributed by atoms with E-state index in [0.717, 1.165) is 22.7 Å². The third-order valence-corrected chi connectivity index (χ3v) is 8.53. The second-order valence-corrected chi connectivity index (χ2v) is 10.9. The van der Waals surface area contributed by atoms with Gasteiger partial charge in [-0.15, -0.1) is 11.3 Å². The molecule has 2 aliphatic rings. The maximum atomic E-state index is 12.8. The quantitative estimate of drug-likeness (QED) is 0.593. The standard InChI is InChI=1S/C21H19ClN2O5S2/c22-19-9-10-20(30-19)31(26,27)23-13-11-28-12-16(21(13)25)24-14-5-1-3-7-17(14)29-18-8-4-2-6-15(18)24/h1-10,13,16,21,23,25H,11-12H2/t13-,16+,21+/m1/s1. The molecule has 0 saturated carbocycles. The topological polar surface area (TPSA) is 88.1 Å². The number of aliphatic hydroxyl groups is 1. The maximum Gasteiger partial charge on any atom is 0.250 e. The van der Waals surface area contributed by atoms with E-state index in [1.54, 1.807) is 0 Å². The molecule has 0 bridgehead atoms. The first-order valence-corrected chi connectivity index (χ1v) is 12.3. The van der Waals surface area contributed by atoms with E-state index in [-0.39, 0.29) is 17.4 Å². The number of thiophene rings is 1. The van der Waals surface area contributed by atoms with Crippen LogP contribution >= 0.6 is 22.9 Å². The van der Waals surface area contributed by atoms with Crippen molar-refractivity contribution in [3.8, 4) is 11.5 Å². The number of nitrogens with zero attached hydrogens (tertiary/aromatic N) is 1. The van der Waals surface area contributed by atoms with Gasteiger partial charge in [0.15, 0.2) is 11.5 Å². The van der Waals surface area contributed by atoms with Gasteiger partial charge in [0.1, 0.15) is 4.21 Å². The largest absolute Gasteiger partial charge is 0.453 e. The van der Waals surface area contributed by atoms with Crippen molar-refractivity contribution in [2.45, 2.75) is 22.4 Å². The molecular formula is C21H19ClN2O5S2. The van der Waals surface area contributed by atoms with Crippen LogP contribution in [0.1, 0.15) is 0 Å². The molecule has 2 N–H and O–H groups in total. The molecule has 0 spiro atoms. The van der Waals surface area contributed by atoms with Gasteiger partial charge in [0.25, 0.3) is 10.0 Å². The Morgan fingerprint density at radius 3 is 2.26 bits per heavy atom. The van der Waals surface area contributed by atoms with Crippen LogP contribution in [-0.2, 0) is 14.8 Å². The second-order valence-electron chi connectivity index (χ2n) is 7.29. The number of benzene rings is 2. The lowest BCUT2D eigenvalue weighted by Gasteiger charge is -2.44. The molecular weight excluding hydrogens is 460 g/mol. The van der Waals surface area contributed by atoms with Gasteiger partial charge in [-0.05, 0) is 36.4 Å². The Hall–Kier alpha value is -2.14. The average Bonchev–Trinajstić information content (AvgIpc) is 3.21. The Morgan fingerprint density at radius 2 is 1.65 bits per heavy atom. The Balaban J connectivity index is 1.48. The Bertz CT molecular complexity index is 1170. The van der Waals surface area contributed by atoms with Gasteiger partial charge >= 0.3 is 0 Å². The lowest BCUT2D eigenvalue weighted by atomic mass is 9.98. The van der Waals surface area contributed by atoms with Gasteiger partial charge in [-0.2, -0.15) is 0 Å². The minimum Gasteiger partial charge on any atom is -0.453 e. The van der Waals surface area contributed by atoms with E-state index in [4.69, 9.17) is 21.1 Å². The number of para-hydroxylation sites is 4. The van der Waals surface area contributed by atoms with Crippen LogP contribution in [0.15, 0.2) is 64.9 Å². The number of halogens is 1. The number of hydrogen-bond acceptors (Lipinski definition) is 7. The minimum atomic E-state index is -3.85. The van der Waals surface area contributed by atoms with Gasteiger partial charge in [-0.3, -0.25) is 0 Å². The predicted octanol–water partition coefficient (Wildman–Crippen LogP) is 3.75. The summed E-state index contributed by atoms with van der Waals surface area (Å²) in [7, 11) is -3.85. The van der Waals surface area contributed by atoms with Crippen molar-refractivity contribution >= 4 is 44.3 Å². The summed E-state index contributed by atoms with van der Waals surface area (Å²) in [5.41, 5.74) is 1.56. The number of hydrogen-bond donors (Lipinski definition) is 2. The molecule has 0 aliphatic carbocycles. The molecule has 0 amide bonds. The first kappa shape index (κ1) is 20.7. The summed E-state index contributed by atoms with van der Waals surface area (Å²) in [5, 5.41) is 11.2. The third-order valence-electron chi connectivity index (χ3n) is 5.31. The molecule has 0 radical (unpaired) electrons. The van der Waals surface area contributed by atoms with E-state index in [0.29, 0.717) is 15.8 Å². The Labute approximate surface area is 188 Å². The van der Waals surface area contributed by atoms with E-state index in [1.165, 1.54) is 12.1 Å². The molecule has 0 unspecified atom stereocenters. The van der Waals surface area contributed by atoms with Gasteiger partial charge in [-0.25, -0.2) is 13.1 Å². The predicted molar refractivity (Wildman–Crippen MR) is 119 cm³/mol. The molecule has 10 heteroatoms. The normalized spacial score (nSPS) is 23.0. The smallest absolute Gasteiger partial charge is 0.250 e. The van der Waals surface area contributed by atoms with Crippen molar-refractivity contribution in [1.29, 1.82) is 0 Å². The van der Waals surface area contributed by atoms with Gasteiger partial charge in [0.05, 0.1) is 47.1 Å². The molecule has 5 rings (SSSR count). The molecule has 3 aromatic rings. The highest BCUT2D eigenvalue weighted by atomic mass is 35.5. The van der Waals surface area contributed by atoms with Crippen LogP contribution in [0.4, 0.5) is 11.4 Å². The number of aliphatic hydroxyl groups excluding tert-OH is 1. The van der Waals surface area contributed by atoms with Crippen LogP contribution < -0.4 is 14.4 Å². The van der Waals surface area contributed by atoms with Crippen molar-refractivity contribution in [3.05, 3.63) is 65.0 Å². The van der Waals surface area contributed by atoms with E-state index >= 15 is 0 Å². The fourth-order valence-corrected chi connectivity index (χ4v) is 6.64. The van der Waals surface area contributed by atoms with Crippen LogP contribution in [-0.4, -0.2) is 44.9 Å². The van der Waals surface area contributed by atoms with Crippen LogP contribution in [0.3, 0.4) is 0 Å². The van der Waals surface area contributed by atoms with Crippen molar-refractivity contribution < 1.29 is 23.0 Å². The lowest BCUT2D eigenvalue weighted by molar-refractivity contribution is -0.0244. The number of anilines is 2. The molecule has 1 aromatic heterocycles. The summed E-state index contributed by atoms with van der Waals surface area (Å²) in [6.07, 6.45) is -1.03. The van der Waals surface area contributed by atoms with E-state index in [2.05, 4.69) is 4.72 Å². The summed E-state index contributed by atoms with van der Waals surface area (Å²) in [5.74, 6) is 1.31. The van der Waals surface area contributed by atoms with Crippen LogP contribution in [0.2, 0.25) is 4.34 Å². The molecule has 7 nitrogen and oxygen atoms in total. The monoisotopic (exact) mass is 478 g/mol. The molecule has 31 heavy (non-hydrogen) atoms. The SMILES string of the molecule is O=S(=O)(N[C@@H]1COC[C@H](N2c3ccccc3Oc3ccccc32)[C@H]1O)c1ccc(Cl)s1. The highest BCUT2D eigenvalue weighted by molar-refractivity contribution is 7.91. The highest BCUT2D eigenvalue weighted by Gasteiger charge is 2.42. The Morgan fingerprint density at radius 1 is 1.00 bits per heavy atom. The molecule has 2 aromatic carbocycles. The molecule has 3 heterocycles. The van der Waals surface area contributed by atoms with E-state index < -0.39 is 28.2 Å². The fourth-order valence-electron chi connectivity index (χ4n) is 3.90. The summed E-state index contributed by atoms with van der Waals surface area (Å²) in [6.45, 7) is 0.288. The van der Waals surface area contributed by atoms with E-state index in [1.807, 2.05) is 53.4 Å². The van der Waals surface area contributed by atoms with Crippen LogP contribution in [0, 0.1) is 0 Å². The molecule has 162 valence electrons. The van der Waals surface area contributed by atoms with Gasteiger partial charge in [0.2, 0.25) is 0 Å². The second kappa shape index (κ2) is 8.09. The van der Waals surface area contributed by atoms with Crippen LogP contribution in [0.5, 0.6) is 11.5 Å². The molecule has 3 atom stereocenters. The number of sulfonamides is 1. The number of fused-ring (bicyclic) bond motifs is 2. The number of nitrogens with one attached hydrogen (secondary N) is 1. The van der Waals surface area contributed by atoms with E-state index in [9.17, 15) is 13.5 Å². The molecule has 2 aliphatic heterocycles. The zero-order chi connectivity index (χ0) is 21.6. The molecule has 1 fully saturated rings. The van der Waals surface area contributed by atoms with Gasteiger partial charge in [0, 0.05) is 0 Å². The van der Waals surface area contributed by atoms with Crippen molar-refractivity contribution in [3.63, 3.8) is 0 Å². The maximum absolute atomic E-state index is 12.8. The molecule has 1 saturated heterocycles. The first-order valence-electron chi connectivity index (χ1n) is 9.63. The van der Waals surface area contributed by atoms with Crippen LogP contribution in [0.25, 0.3) is 0 Å². The lowest BCUT2D eigenvalue weighted by Crippen LogP contribution is -2.60. The first-order chi connectivity index (χ1) is 14.9. The van der Waals surface area contributed by atoms with Crippen molar-refractivity contribution in [2.24, 2.45) is 0 Å². The Kier molecular flexibility index (Phi) is 5.41. The summed E-state index contributed by atoms with van der Waals surface area (Å²) < 4.78 is 40.4. The zero-order valence-electron chi connectivity index (χ0n) is 16.1. The third kappa shape index (κ3) is 3.82. The minimum absolute atomic E-state index is 0.0592. The number of rotatable bonds is 4. The van der Waals surface area contributed by atoms with Crippen molar-refractivity contribution in [1.82, 2.24) is 4.72 Å². The summed E-state index contributed by atoms with van der Waals surface area (Å²) in [4.78, 5) is 1.96. The van der Waals surface area contributed by atoms with Gasteiger partial charge in [-0.1, -0.05) is 35.9 Å². The van der Waals surface area contributed by atoms with Gasteiger partial charge < -0.3 is 19.5 Å². The highest BCUT2D eigenvalue weighted by Crippen LogP contribution is 2.48. The fraction of sp³-hybridized carbons (Fsp3) is 0.238. The zero-order valence-corrected chi connectivity index (χ0v) is 18.5. The summed E-state index contributed by atoms with van der Waals surface area (Å²) >= 11 is 6.85. The average molecular weight is 479 g/mol.